The van der Waals surface area contributed by atoms with E-state index in [9.17, 15) is 9.90 Å². The van der Waals surface area contributed by atoms with Gasteiger partial charge in [0.1, 0.15) is 0 Å². The highest BCUT2D eigenvalue weighted by Gasteiger charge is 2.35. The first-order valence-corrected chi connectivity index (χ1v) is 8.86. The first-order valence-electron chi connectivity index (χ1n) is 8.86. The minimum atomic E-state index is -0.899. The highest BCUT2D eigenvalue weighted by atomic mass is 16.3. The topological polar surface area (TPSA) is 49.3 Å². The molecule has 0 unspecified atom stereocenters. The molecule has 0 bridgehead atoms. The maximum atomic E-state index is 12.4. The van der Waals surface area contributed by atoms with Crippen molar-refractivity contribution in [2.75, 3.05) is 6.54 Å². The van der Waals surface area contributed by atoms with Gasteiger partial charge in [0.2, 0.25) is 0 Å². The molecule has 3 nitrogen and oxygen atoms in total. The van der Waals surface area contributed by atoms with Crippen molar-refractivity contribution in [3.8, 4) is 11.1 Å². The fraction of sp³-hybridized carbons (Fsp3) is 0.174. The third-order valence-electron chi connectivity index (χ3n) is 4.99. The van der Waals surface area contributed by atoms with E-state index in [1.165, 1.54) is 0 Å². The Morgan fingerprint density at radius 1 is 0.808 bits per heavy atom. The summed E-state index contributed by atoms with van der Waals surface area (Å²) in [6.07, 6.45) is 1.16. The van der Waals surface area contributed by atoms with Gasteiger partial charge in [-0.25, -0.2) is 0 Å². The first kappa shape index (κ1) is 16.6. The molecule has 2 N–H and O–H groups in total. The molecule has 3 heteroatoms. The van der Waals surface area contributed by atoms with Gasteiger partial charge in [-0.1, -0.05) is 66.7 Å². The van der Waals surface area contributed by atoms with Gasteiger partial charge in [-0.3, -0.25) is 4.79 Å². The Kier molecular flexibility index (Phi) is 4.31. The molecule has 0 aliphatic heterocycles. The molecule has 0 saturated carbocycles. The zero-order valence-corrected chi connectivity index (χ0v) is 14.5. The largest absolute Gasteiger partial charge is 0.387 e. The van der Waals surface area contributed by atoms with E-state index < -0.39 is 5.60 Å². The van der Waals surface area contributed by atoms with E-state index in [1.807, 2.05) is 78.9 Å². The Labute approximate surface area is 153 Å². The molecule has 0 fully saturated rings. The number of nitrogens with one attached hydrogen (secondary N) is 1. The van der Waals surface area contributed by atoms with Crippen molar-refractivity contribution in [1.82, 2.24) is 5.32 Å². The van der Waals surface area contributed by atoms with Crippen molar-refractivity contribution in [2.24, 2.45) is 0 Å². The van der Waals surface area contributed by atoms with Crippen LogP contribution < -0.4 is 5.32 Å². The average Bonchev–Trinajstić information content (AvgIpc) is 3.03. The van der Waals surface area contributed by atoms with Crippen LogP contribution in [0.3, 0.4) is 0 Å². The van der Waals surface area contributed by atoms with E-state index in [-0.39, 0.29) is 12.5 Å². The maximum Gasteiger partial charge on any atom is 0.251 e. The van der Waals surface area contributed by atoms with Crippen LogP contribution in [0.4, 0.5) is 0 Å². The molecular weight excluding hydrogens is 322 g/mol. The zero-order chi connectivity index (χ0) is 18.0. The molecule has 1 aliphatic rings. The van der Waals surface area contributed by atoms with E-state index in [2.05, 4.69) is 5.32 Å². The van der Waals surface area contributed by atoms with E-state index >= 15 is 0 Å². The molecule has 0 aromatic heterocycles. The summed E-state index contributed by atoms with van der Waals surface area (Å²) in [5.41, 5.74) is 4.23. The SMILES string of the molecule is O=C(NCC1(O)Cc2ccccc2C1)c1ccc(-c2ccccc2)cc1. The van der Waals surface area contributed by atoms with Gasteiger partial charge in [-0.2, -0.15) is 0 Å². The number of hydrogen-bond acceptors (Lipinski definition) is 2. The van der Waals surface area contributed by atoms with Crippen molar-refractivity contribution in [3.05, 3.63) is 95.6 Å². The second-order valence-electron chi connectivity index (χ2n) is 6.97. The molecule has 0 radical (unpaired) electrons. The van der Waals surface area contributed by atoms with Crippen LogP contribution >= 0.6 is 0 Å². The van der Waals surface area contributed by atoms with Crippen LogP contribution in [-0.2, 0) is 12.8 Å². The van der Waals surface area contributed by atoms with Gasteiger partial charge in [-0.15, -0.1) is 0 Å². The molecule has 3 aromatic carbocycles. The third-order valence-corrected chi connectivity index (χ3v) is 4.99. The third kappa shape index (κ3) is 3.39. The summed E-state index contributed by atoms with van der Waals surface area (Å²) in [5.74, 6) is -0.158. The summed E-state index contributed by atoms with van der Waals surface area (Å²) in [5, 5.41) is 13.7. The molecule has 0 spiro atoms. The normalized spacial score (nSPS) is 14.7. The fourth-order valence-corrected chi connectivity index (χ4v) is 3.59. The number of aliphatic hydroxyl groups is 1. The van der Waals surface area contributed by atoms with Crippen LogP contribution in [0.15, 0.2) is 78.9 Å². The number of benzene rings is 3. The van der Waals surface area contributed by atoms with E-state index in [0.29, 0.717) is 18.4 Å². The molecule has 130 valence electrons. The van der Waals surface area contributed by atoms with Gasteiger partial charge >= 0.3 is 0 Å². The second kappa shape index (κ2) is 6.77. The Morgan fingerprint density at radius 3 is 1.96 bits per heavy atom. The van der Waals surface area contributed by atoms with Crippen molar-refractivity contribution >= 4 is 5.91 Å². The van der Waals surface area contributed by atoms with Crippen LogP contribution in [-0.4, -0.2) is 23.2 Å². The quantitative estimate of drug-likeness (QED) is 0.760. The lowest BCUT2D eigenvalue weighted by Gasteiger charge is -2.22. The summed E-state index contributed by atoms with van der Waals surface area (Å²) in [4.78, 5) is 12.4. The Bertz CT molecular complexity index is 891. The van der Waals surface area contributed by atoms with E-state index in [0.717, 1.165) is 22.3 Å². The second-order valence-corrected chi connectivity index (χ2v) is 6.97. The summed E-state index contributed by atoms with van der Waals surface area (Å²) in [6, 6.07) is 25.7. The zero-order valence-electron chi connectivity index (χ0n) is 14.5. The lowest BCUT2D eigenvalue weighted by Crippen LogP contribution is -2.43. The summed E-state index contributed by atoms with van der Waals surface area (Å²) < 4.78 is 0. The molecule has 0 heterocycles. The van der Waals surface area contributed by atoms with E-state index in [1.54, 1.807) is 0 Å². The van der Waals surface area contributed by atoms with Gasteiger partial charge in [0, 0.05) is 24.9 Å². The number of rotatable bonds is 4. The Morgan fingerprint density at radius 2 is 1.35 bits per heavy atom. The van der Waals surface area contributed by atoms with Gasteiger partial charge in [-0.05, 0) is 34.4 Å². The summed E-state index contributed by atoms with van der Waals surface area (Å²) >= 11 is 0. The van der Waals surface area contributed by atoms with Gasteiger partial charge in [0.15, 0.2) is 0 Å². The smallest absolute Gasteiger partial charge is 0.251 e. The van der Waals surface area contributed by atoms with Crippen LogP contribution in [0.1, 0.15) is 21.5 Å². The lowest BCUT2D eigenvalue weighted by molar-refractivity contribution is 0.0480. The Hall–Kier alpha value is -2.91. The monoisotopic (exact) mass is 343 g/mol. The van der Waals surface area contributed by atoms with Crippen molar-refractivity contribution < 1.29 is 9.90 Å². The molecular formula is C23H21NO2. The highest BCUT2D eigenvalue weighted by Crippen LogP contribution is 2.29. The first-order chi connectivity index (χ1) is 12.6. The van der Waals surface area contributed by atoms with Crippen LogP contribution in [0.25, 0.3) is 11.1 Å². The number of hydrogen-bond donors (Lipinski definition) is 2. The number of fused-ring (bicyclic) bond motifs is 1. The highest BCUT2D eigenvalue weighted by molar-refractivity contribution is 5.94. The minimum absolute atomic E-state index is 0.158. The average molecular weight is 343 g/mol. The predicted molar refractivity (Wildman–Crippen MR) is 103 cm³/mol. The van der Waals surface area contributed by atoms with Gasteiger partial charge in [0.05, 0.1) is 5.60 Å². The molecule has 3 aromatic rings. The molecule has 0 saturated heterocycles. The van der Waals surface area contributed by atoms with Gasteiger partial charge < -0.3 is 10.4 Å². The van der Waals surface area contributed by atoms with Crippen molar-refractivity contribution in [1.29, 1.82) is 0 Å². The van der Waals surface area contributed by atoms with Crippen molar-refractivity contribution in [3.63, 3.8) is 0 Å². The Balaban J connectivity index is 1.40. The number of carbonyl (C=O) groups excluding carboxylic acids is 1. The molecule has 1 amide bonds. The minimum Gasteiger partial charge on any atom is -0.387 e. The number of amides is 1. The predicted octanol–water partition coefficient (Wildman–Crippen LogP) is 3.61. The van der Waals surface area contributed by atoms with Crippen LogP contribution in [0.5, 0.6) is 0 Å². The lowest BCUT2D eigenvalue weighted by atomic mass is 10.00. The van der Waals surface area contributed by atoms with Gasteiger partial charge in [0.25, 0.3) is 5.91 Å². The maximum absolute atomic E-state index is 12.4. The molecule has 26 heavy (non-hydrogen) atoms. The van der Waals surface area contributed by atoms with E-state index in [4.69, 9.17) is 0 Å². The number of carbonyl (C=O) groups is 1. The molecule has 1 aliphatic carbocycles. The standard InChI is InChI=1S/C23H21NO2/c25-22(19-12-10-18(11-13-19)17-6-2-1-3-7-17)24-16-23(26)14-20-8-4-5-9-21(20)15-23/h1-13,26H,14-16H2,(H,24,25). The molecule has 0 atom stereocenters. The molecule has 4 rings (SSSR count). The van der Waals surface area contributed by atoms with Crippen molar-refractivity contribution in [2.45, 2.75) is 18.4 Å². The summed E-state index contributed by atoms with van der Waals surface area (Å²) in [7, 11) is 0. The van der Waals surface area contributed by atoms with Crippen LogP contribution in [0, 0.1) is 0 Å². The fourth-order valence-electron chi connectivity index (χ4n) is 3.59. The summed E-state index contributed by atoms with van der Waals surface area (Å²) in [6.45, 7) is 0.251. The van der Waals surface area contributed by atoms with Crippen LogP contribution in [0.2, 0.25) is 0 Å².